The number of nitrogens with one attached hydrogen (secondary N) is 1. The van der Waals surface area contributed by atoms with Crippen LogP contribution < -0.4 is 5.32 Å². The minimum atomic E-state index is -0.196. The molecule has 0 fully saturated rings. The van der Waals surface area contributed by atoms with Gasteiger partial charge in [-0.05, 0) is 27.0 Å². The number of rotatable bonds is 4. The van der Waals surface area contributed by atoms with E-state index in [2.05, 4.69) is 20.4 Å². The molecule has 0 radical (unpaired) electrons. The molecule has 0 aliphatic carbocycles. The van der Waals surface area contributed by atoms with Crippen LogP contribution in [0.3, 0.4) is 0 Å². The van der Waals surface area contributed by atoms with Crippen LogP contribution in [-0.2, 0) is 0 Å². The topological polar surface area (TPSA) is 75.4 Å². The molecule has 1 N–H and O–H groups in total. The van der Waals surface area contributed by atoms with E-state index in [-0.39, 0.29) is 36.5 Å². The minimum Gasteiger partial charge on any atom is -0.338 e. The maximum Gasteiger partial charge on any atom is 0.293 e. The summed E-state index contributed by atoms with van der Waals surface area (Å²) in [6.07, 6.45) is 0. The summed E-state index contributed by atoms with van der Waals surface area (Å²) in [5, 5.41) is 7.21. The molecule has 0 atom stereocenters. The van der Waals surface area contributed by atoms with Crippen molar-refractivity contribution in [2.45, 2.75) is 13.8 Å². The number of carbonyl (C=O) groups is 1. The first-order valence-electron chi connectivity index (χ1n) is 6.14. The summed E-state index contributed by atoms with van der Waals surface area (Å²) in [5.74, 6) is 0.445. The van der Waals surface area contributed by atoms with Gasteiger partial charge in [-0.1, -0.05) is 0 Å². The van der Waals surface area contributed by atoms with Gasteiger partial charge in [0.25, 0.3) is 11.7 Å². The summed E-state index contributed by atoms with van der Waals surface area (Å²) in [6.45, 7) is 5.14. The van der Waals surface area contributed by atoms with Crippen LogP contribution in [0.5, 0.6) is 0 Å². The van der Waals surface area contributed by atoms with Crippen LogP contribution in [0.4, 0.5) is 0 Å². The van der Waals surface area contributed by atoms with E-state index in [1.54, 1.807) is 16.5 Å². The van der Waals surface area contributed by atoms with Crippen molar-refractivity contribution in [2.75, 3.05) is 27.2 Å². The number of carbonyl (C=O) groups excluding carboxylic acids is 1. The number of aryl methyl sites for hydroxylation is 2. The summed E-state index contributed by atoms with van der Waals surface area (Å²) in [7, 11) is 3.58. The Morgan fingerprint density at radius 1 is 1.33 bits per heavy atom. The van der Waals surface area contributed by atoms with Crippen molar-refractivity contribution in [3.63, 3.8) is 0 Å². The van der Waals surface area contributed by atoms with Gasteiger partial charge >= 0.3 is 0 Å². The molecule has 118 valence electrons. The van der Waals surface area contributed by atoms with Gasteiger partial charge in [-0.15, -0.1) is 29.9 Å². The fraction of sp³-hybridized carbons (Fsp3) is 0.500. The molecular formula is C12H20Cl2N6O. The molecule has 0 aromatic carbocycles. The maximum absolute atomic E-state index is 12.1. The summed E-state index contributed by atoms with van der Waals surface area (Å²) >= 11 is 0. The Labute approximate surface area is 136 Å². The molecule has 2 rings (SSSR count). The summed E-state index contributed by atoms with van der Waals surface area (Å²) in [4.78, 5) is 22.2. The van der Waals surface area contributed by atoms with Gasteiger partial charge in [0, 0.05) is 31.5 Å². The van der Waals surface area contributed by atoms with E-state index in [4.69, 9.17) is 0 Å². The van der Waals surface area contributed by atoms with Gasteiger partial charge in [0.15, 0.2) is 0 Å². The van der Waals surface area contributed by atoms with Gasteiger partial charge < -0.3 is 10.2 Å². The van der Waals surface area contributed by atoms with Gasteiger partial charge in [-0.2, -0.15) is 4.98 Å². The van der Waals surface area contributed by atoms with E-state index in [9.17, 15) is 4.79 Å². The van der Waals surface area contributed by atoms with Crippen LogP contribution in [0.25, 0.3) is 5.78 Å². The monoisotopic (exact) mass is 334 g/mol. The quantitative estimate of drug-likeness (QED) is 0.898. The number of hydrogen-bond acceptors (Lipinski definition) is 5. The van der Waals surface area contributed by atoms with Crippen LogP contribution >= 0.6 is 24.8 Å². The molecule has 0 saturated heterocycles. The van der Waals surface area contributed by atoms with Gasteiger partial charge in [-0.3, -0.25) is 4.79 Å². The Kier molecular flexibility index (Phi) is 7.56. The Morgan fingerprint density at radius 2 is 2.00 bits per heavy atom. The number of amides is 1. The first-order chi connectivity index (χ1) is 9.02. The molecular weight excluding hydrogens is 315 g/mol. The molecule has 1 amide bonds. The first kappa shape index (κ1) is 19.6. The third kappa shape index (κ3) is 4.26. The van der Waals surface area contributed by atoms with Crippen molar-refractivity contribution in [1.82, 2.24) is 29.8 Å². The lowest BCUT2D eigenvalue weighted by Gasteiger charge is -2.14. The van der Waals surface area contributed by atoms with Crippen molar-refractivity contribution in [2.24, 2.45) is 0 Å². The largest absolute Gasteiger partial charge is 0.338 e. The Morgan fingerprint density at radius 3 is 2.62 bits per heavy atom. The van der Waals surface area contributed by atoms with E-state index < -0.39 is 0 Å². The zero-order valence-electron chi connectivity index (χ0n) is 12.5. The average Bonchev–Trinajstić information content (AvgIpc) is 2.79. The highest BCUT2D eigenvalue weighted by molar-refractivity contribution is 5.90. The summed E-state index contributed by atoms with van der Waals surface area (Å²) in [5.41, 5.74) is 1.77. The van der Waals surface area contributed by atoms with Crippen LogP contribution in [0, 0.1) is 13.8 Å². The van der Waals surface area contributed by atoms with Gasteiger partial charge in [0.2, 0.25) is 5.82 Å². The first-order valence-corrected chi connectivity index (χ1v) is 6.14. The highest BCUT2D eigenvalue weighted by Crippen LogP contribution is 2.06. The highest BCUT2D eigenvalue weighted by atomic mass is 35.5. The Hall–Kier alpha value is -1.44. The lowest BCUT2D eigenvalue weighted by atomic mass is 10.4. The number of nitrogens with zero attached hydrogens (tertiary/aromatic N) is 5. The maximum atomic E-state index is 12.1. The number of likely N-dealkylation sites (N-methyl/N-ethyl adjacent to an activating group) is 2. The fourth-order valence-corrected chi connectivity index (χ4v) is 1.81. The Bertz CT molecular complexity index is 615. The third-order valence-electron chi connectivity index (χ3n) is 2.85. The summed E-state index contributed by atoms with van der Waals surface area (Å²) in [6, 6.07) is 1.90. The van der Waals surface area contributed by atoms with Crippen molar-refractivity contribution in [1.29, 1.82) is 0 Å². The number of hydrogen-bond donors (Lipinski definition) is 1. The van der Waals surface area contributed by atoms with Crippen LogP contribution in [0.2, 0.25) is 0 Å². The standard InChI is InChI=1S/C12H18N6O.2ClH/c1-8-7-9(2)18-12(14-8)15-10(16-18)11(19)17(4)6-5-13-3;;/h7,13H,5-6H2,1-4H3;2*1H. The minimum absolute atomic E-state index is 0. The van der Waals surface area contributed by atoms with Crippen LogP contribution in [-0.4, -0.2) is 57.6 Å². The van der Waals surface area contributed by atoms with E-state index in [1.165, 1.54) is 0 Å². The SMILES string of the molecule is CNCCN(C)C(=O)c1nc2nc(C)cc(C)n2n1.Cl.Cl. The predicted octanol–water partition coefficient (Wildman–Crippen LogP) is 0.876. The van der Waals surface area contributed by atoms with Crippen molar-refractivity contribution in [3.8, 4) is 0 Å². The van der Waals surface area contributed by atoms with Crippen molar-refractivity contribution < 1.29 is 4.79 Å². The second kappa shape index (κ2) is 8.11. The lowest BCUT2D eigenvalue weighted by molar-refractivity contribution is 0.0785. The van der Waals surface area contributed by atoms with Gasteiger partial charge in [-0.25, -0.2) is 9.50 Å². The Balaban J connectivity index is 0.00000200. The van der Waals surface area contributed by atoms with E-state index in [1.807, 2.05) is 27.0 Å². The molecule has 0 spiro atoms. The van der Waals surface area contributed by atoms with Crippen molar-refractivity contribution in [3.05, 3.63) is 23.3 Å². The molecule has 2 aromatic heterocycles. The van der Waals surface area contributed by atoms with E-state index in [0.29, 0.717) is 12.3 Å². The number of fused-ring (bicyclic) bond motifs is 1. The molecule has 2 aromatic rings. The molecule has 0 aliphatic heterocycles. The van der Waals surface area contributed by atoms with E-state index >= 15 is 0 Å². The number of aromatic nitrogens is 4. The number of halogens is 2. The molecule has 7 nitrogen and oxygen atoms in total. The van der Waals surface area contributed by atoms with Gasteiger partial charge in [0.1, 0.15) is 0 Å². The van der Waals surface area contributed by atoms with Crippen molar-refractivity contribution >= 4 is 36.5 Å². The lowest BCUT2D eigenvalue weighted by Crippen LogP contribution is -2.33. The fourth-order valence-electron chi connectivity index (χ4n) is 1.81. The normalized spacial score (nSPS) is 9.90. The van der Waals surface area contributed by atoms with Crippen LogP contribution in [0.15, 0.2) is 6.07 Å². The second-order valence-corrected chi connectivity index (χ2v) is 4.52. The molecule has 0 bridgehead atoms. The molecule has 0 unspecified atom stereocenters. The molecule has 9 heteroatoms. The third-order valence-corrected chi connectivity index (χ3v) is 2.85. The smallest absolute Gasteiger partial charge is 0.293 e. The highest BCUT2D eigenvalue weighted by Gasteiger charge is 2.18. The zero-order chi connectivity index (χ0) is 14.0. The molecule has 0 aliphatic rings. The molecule has 0 saturated carbocycles. The van der Waals surface area contributed by atoms with E-state index in [0.717, 1.165) is 17.9 Å². The average molecular weight is 335 g/mol. The second-order valence-electron chi connectivity index (χ2n) is 4.52. The zero-order valence-corrected chi connectivity index (χ0v) is 14.1. The molecule has 2 heterocycles. The summed E-state index contributed by atoms with van der Waals surface area (Å²) < 4.78 is 1.59. The van der Waals surface area contributed by atoms with Gasteiger partial charge in [0.05, 0.1) is 0 Å². The predicted molar refractivity (Wildman–Crippen MR) is 85.6 cm³/mol. The molecule has 21 heavy (non-hydrogen) atoms. The van der Waals surface area contributed by atoms with Crippen LogP contribution in [0.1, 0.15) is 22.0 Å².